The first-order valence-electron chi connectivity index (χ1n) is 10.2. The standard InChI is InChI=1S/C25H26ClFN2O2S.HI/c1-4-32-25(28-20-9-14-24(27)23(26)15-20)29(16-18-5-10-21(30-2)11-6-18)17-19-7-12-22(31-3)13-8-19;/h5-15H,4,16-17H2,1-3H3;1H. The molecule has 33 heavy (non-hydrogen) atoms. The molecule has 0 heterocycles. The zero-order valence-corrected chi connectivity index (χ0v) is 22.7. The summed E-state index contributed by atoms with van der Waals surface area (Å²) in [5.41, 5.74) is 2.86. The third kappa shape index (κ3) is 8.08. The molecule has 176 valence electrons. The Hall–Kier alpha value is -1.97. The molecule has 0 aliphatic heterocycles. The number of benzene rings is 3. The minimum absolute atomic E-state index is 0. The monoisotopic (exact) mass is 600 g/mol. The average molecular weight is 601 g/mol. The molecule has 3 rings (SSSR count). The van der Waals surface area contributed by atoms with Crippen molar-refractivity contribution in [2.75, 3.05) is 20.0 Å². The molecule has 0 amide bonds. The zero-order chi connectivity index (χ0) is 22.9. The number of hydrogen-bond acceptors (Lipinski definition) is 4. The number of nitrogens with zero attached hydrogens (tertiary/aromatic N) is 2. The summed E-state index contributed by atoms with van der Waals surface area (Å²) in [6, 6.07) is 20.5. The molecular formula is C25H27ClFIN2O2S. The zero-order valence-electron chi connectivity index (χ0n) is 18.8. The van der Waals surface area contributed by atoms with E-state index < -0.39 is 5.82 Å². The van der Waals surface area contributed by atoms with Crippen LogP contribution in [0, 0.1) is 5.82 Å². The lowest BCUT2D eigenvalue weighted by Crippen LogP contribution is -2.28. The predicted octanol–water partition coefficient (Wildman–Crippen LogP) is 7.56. The second-order valence-corrected chi connectivity index (χ2v) is 8.62. The molecule has 3 aromatic carbocycles. The molecule has 0 spiro atoms. The summed E-state index contributed by atoms with van der Waals surface area (Å²) < 4.78 is 24.2. The molecule has 8 heteroatoms. The van der Waals surface area contributed by atoms with Crippen molar-refractivity contribution in [3.8, 4) is 11.5 Å². The number of thioether (sulfide) groups is 1. The summed E-state index contributed by atoms with van der Waals surface area (Å²) in [5, 5.41) is 0.894. The van der Waals surface area contributed by atoms with Gasteiger partial charge in [0.2, 0.25) is 0 Å². The molecule has 0 unspecified atom stereocenters. The molecule has 0 aromatic heterocycles. The Kier molecular flexibility index (Phi) is 11.3. The van der Waals surface area contributed by atoms with Gasteiger partial charge in [-0.1, -0.05) is 54.6 Å². The SMILES string of the molecule is CCSC(=Nc1ccc(F)c(Cl)c1)N(Cc1ccc(OC)cc1)Cc1ccc(OC)cc1.I. The van der Waals surface area contributed by atoms with Crippen LogP contribution in [0.25, 0.3) is 0 Å². The molecule has 0 saturated carbocycles. The molecule has 3 aromatic rings. The Bertz CT molecular complexity index is 1000. The van der Waals surface area contributed by atoms with Crippen LogP contribution in [0.3, 0.4) is 0 Å². The smallest absolute Gasteiger partial charge is 0.164 e. The van der Waals surface area contributed by atoms with Gasteiger partial charge in [0.05, 0.1) is 24.9 Å². The minimum Gasteiger partial charge on any atom is -0.497 e. The Morgan fingerprint density at radius 2 is 1.42 bits per heavy atom. The van der Waals surface area contributed by atoms with Crippen molar-refractivity contribution in [1.29, 1.82) is 0 Å². The molecule has 0 saturated heterocycles. The summed E-state index contributed by atoms with van der Waals surface area (Å²) in [4.78, 5) is 7.02. The quantitative estimate of drug-likeness (QED) is 0.152. The summed E-state index contributed by atoms with van der Waals surface area (Å²) in [6.45, 7) is 3.38. The van der Waals surface area contributed by atoms with Crippen molar-refractivity contribution in [1.82, 2.24) is 4.90 Å². The molecule has 0 fully saturated rings. The predicted molar refractivity (Wildman–Crippen MR) is 147 cm³/mol. The van der Waals surface area contributed by atoms with Crippen molar-refractivity contribution >= 4 is 58.2 Å². The molecule has 0 aliphatic carbocycles. The van der Waals surface area contributed by atoms with Crippen LogP contribution in [-0.4, -0.2) is 30.0 Å². The van der Waals surface area contributed by atoms with Crippen molar-refractivity contribution in [3.05, 3.63) is 88.7 Å². The minimum atomic E-state index is -0.455. The molecule has 0 radical (unpaired) electrons. The number of aliphatic imine (C=N–C) groups is 1. The molecule has 4 nitrogen and oxygen atoms in total. The average Bonchev–Trinajstić information content (AvgIpc) is 2.81. The van der Waals surface area contributed by atoms with Crippen LogP contribution in [0.4, 0.5) is 10.1 Å². The first-order valence-corrected chi connectivity index (χ1v) is 11.6. The maximum atomic E-state index is 13.6. The van der Waals surface area contributed by atoms with E-state index in [2.05, 4.69) is 11.8 Å². The number of amidine groups is 1. The van der Waals surface area contributed by atoms with E-state index in [9.17, 15) is 4.39 Å². The third-order valence-electron chi connectivity index (χ3n) is 4.74. The molecule has 0 aliphatic rings. The molecular weight excluding hydrogens is 574 g/mol. The number of ether oxygens (including phenoxy) is 2. The van der Waals surface area contributed by atoms with Gasteiger partial charge in [-0.2, -0.15) is 0 Å². The van der Waals surface area contributed by atoms with Gasteiger partial charge in [0, 0.05) is 13.1 Å². The maximum absolute atomic E-state index is 13.6. The van der Waals surface area contributed by atoms with Crippen LogP contribution in [0.5, 0.6) is 11.5 Å². The van der Waals surface area contributed by atoms with Crippen molar-refractivity contribution in [2.45, 2.75) is 20.0 Å². The fraction of sp³-hybridized carbons (Fsp3) is 0.240. The number of halogens is 3. The van der Waals surface area contributed by atoms with Gasteiger partial charge < -0.3 is 14.4 Å². The summed E-state index contributed by atoms with van der Waals surface area (Å²) in [7, 11) is 3.31. The summed E-state index contributed by atoms with van der Waals surface area (Å²) in [5.74, 6) is 2.01. The second kappa shape index (κ2) is 13.7. The van der Waals surface area contributed by atoms with E-state index in [-0.39, 0.29) is 29.0 Å². The van der Waals surface area contributed by atoms with Crippen LogP contribution >= 0.6 is 47.3 Å². The maximum Gasteiger partial charge on any atom is 0.164 e. The van der Waals surface area contributed by atoms with E-state index in [0.717, 1.165) is 33.5 Å². The highest BCUT2D eigenvalue weighted by atomic mass is 127. The highest BCUT2D eigenvalue weighted by Crippen LogP contribution is 2.26. The second-order valence-electron chi connectivity index (χ2n) is 6.98. The lowest BCUT2D eigenvalue weighted by Gasteiger charge is -2.26. The molecule has 0 atom stereocenters. The van der Waals surface area contributed by atoms with E-state index in [4.69, 9.17) is 26.1 Å². The fourth-order valence-electron chi connectivity index (χ4n) is 3.08. The summed E-state index contributed by atoms with van der Waals surface area (Å²) >= 11 is 7.62. The normalized spacial score (nSPS) is 11.0. The van der Waals surface area contributed by atoms with Crippen LogP contribution in [-0.2, 0) is 13.1 Å². The van der Waals surface area contributed by atoms with Crippen LogP contribution < -0.4 is 9.47 Å². The van der Waals surface area contributed by atoms with Gasteiger partial charge in [-0.25, -0.2) is 9.38 Å². The van der Waals surface area contributed by atoms with Gasteiger partial charge in [-0.05, 0) is 59.3 Å². The van der Waals surface area contributed by atoms with Crippen LogP contribution in [0.2, 0.25) is 5.02 Å². The third-order valence-corrected chi connectivity index (χ3v) is 5.92. The van der Waals surface area contributed by atoms with Crippen molar-refractivity contribution in [2.24, 2.45) is 4.99 Å². The Morgan fingerprint density at radius 3 is 1.85 bits per heavy atom. The Morgan fingerprint density at radius 1 is 0.909 bits per heavy atom. The van der Waals surface area contributed by atoms with Crippen LogP contribution in [0.15, 0.2) is 71.7 Å². The van der Waals surface area contributed by atoms with E-state index in [1.807, 2.05) is 48.5 Å². The van der Waals surface area contributed by atoms with Gasteiger partial charge in [-0.3, -0.25) is 0 Å². The van der Waals surface area contributed by atoms with Gasteiger partial charge in [0.1, 0.15) is 17.3 Å². The lowest BCUT2D eigenvalue weighted by molar-refractivity contribution is 0.405. The van der Waals surface area contributed by atoms with Gasteiger partial charge in [0.15, 0.2) is 5.17 Å². The largest absolute Gasteiger partial charge is 0.497 e. The van der Waals surface area contributed by atoms with E-state index in [1.54, 1.807) is 38.1 Å². The van der Waals surface area contributed by atoms with Gasteiger partial charge in [-0.15, -0.1) is 24.0 Å². The Labute approximate surface area is 221 Å². The van der Waals surface area contributed by atoms with Crippen molar-refractivity contribution < 1.29 is 13.9 Å². The number of hydrogen-bond donors (Lipinski definition) is 0. The lowest BCUT2D eigenvalue weighted by atomic mass is 10.1. The highest BCUT2D eigenvalue weighted by Gasteiger charge is 2.15. The van der Waals surface area contributed by atoms with Crippen LogP contribution in [0.1, 0.15) is 18.1 Å². The van der Waals surface area contributed by atoms with E-state index in [1.165, 1.54) is 6.07 Å². The van der Waals surface area contributed by atoms with Gasteiger partial charge >= 0.3 is 0 Å². The Balaban J connectivity index is 0.00000385. The van der Waals surface area contributed by atoms with Crippen molar-refractivity contribution in [3.63, 3.8) is 0 Å². The number of methoxy groups -OCH3 is 2. The summed E-state index contributed by atoms with van der Waals surface area (Å²) in [6.07, 6.45) is 0. The number of rotatable bonds is 8. The fourth-order valence-corrected chi connectivity index (χ4v) is 4.00. The molecule has 0 N–H and O–H groups in total. The highest BCUT2D eigenvalue weighted by molar-refractivity contribution is 14.0. The topological polar surface area (TPSA) is 34.1 Å². The van der Waals surface area contributed by atoms with E-state index in [0.29, 0.717) is 18.8 Å². The van der Waals surface area contributed by atoms with Gasteiger partial charge in [0.25, 0.3) is 0 Å². The first-order chi connectivity index (χ1) is 15.5. The first kappa shape index (κ1) is 27.3. The van der Waals surface area contributed by atoms with E-state index >= 15 is 0 Å². The molecule has 0 bridgehead atoms.